The minimum absolute atomic E-state index is 0.766. The number of para-hydroxylation sites is 2. The summed E-state index contributed by atoms with van der Waals surface area (Å²) in [5.74, 6) is 0. The molecule has 14 rings (SSSR count). The first kappa shape index (κ1) is 36.6. The lowest BCUT2D eigenvalue weighted by Gasteiger charge is -2.13. The van der Waals surface area contributed by atoms with Crippen LogP contribution in [-0.2, 0) is 0 Å². The van der Waals surface area contributed by atoms with Crippen LogP contribution in [0.25, 0.3) is 148 Å². The summed E-state index contributed by atoms with van der Waals surface area (Å²) >= 11 is 0. The van der Waals surface area contributed by atoms with Gasteiger partial charge in [0.1, 0.15) is 44.7 Å². The van der Waals surface area contributed by atoms with E-state index in [2.05, 4.69) is 165 Å². The highest BCUT2D eigenvalue weighted by atomic mass is 16.3. The van der Waals surface area contributed by atoms with Crippen LogP contribution in [0.5, 0.6) is 0 Å². The Labute approximate surface area is 377 Å². The van der Waals surface area contributed by atoms with Gasteiger partial charge in [0.2, 0.25) is 0 Å². The van der Waals surface area contributed by atoms with Gasteiger partial charge in [0.05, 0.1) is 0 Å². The van der Waals surface area contributed by atoms with E-state index in [1.807, 2.05) is 36.4 Å². The first-order valence-corrected chi connectivity index (χ1v) is 22.2. The molecule has 0 fully saturated rings. The van der Waals surface area contributed by atoms with Gasteiger partial charge in [-0.05, 0) is 91.3 Å². The van der Waals surface area contributed by atoms with E-state index < -0.39 is 0 Å². The molecule has 0 atom stereocenters. The van der Waals surface area contributed by atoms with Crippen LogP contribution in [0.15, 0.2) is 225 Å². The Morgan fingerprint density at radius 3 is 1.33 bits per heavy atom. The topological polar surface area (TPSA) is 52.6 Å². The molecule has 0 radical (unpaired) electrons. The van der Waals surface area contributed by atoms with E-state index in [1.165, 1.54) is 16.5 Å². The Hall–Kier alpha value is -8.86. The third-order valence-electron chi connectivity index (χ3n) is 13.6. The van der Waals surface area contributed by atoms with Crippen LogP contribution in [0.1, 0.15) is 5.56 Å². The van der Waals surface area contributed by atoms with Gasteiger partial charge in [-0.2, -0.15) is 0 Å². The molecule has 0 unspecified atom stereocenters. The van der Waals surface area contributed by atoms with Crippen molar-refractivity contribution in [1.82, 2.24) is 0 Å². The molecule has 4 heterocycles. The van der Waals surface area contributed by atoms with Crippen LogP contribution in [0.4, 0.5) is 0 Å². The zero-order chi connectivity index (χ0) is 43.6. The molecule has 4 aromatic heterocycles. The lowest BCUT2D eigenvalue weighted by atomic mass is 9.90. The van der Waals surface area contributed by atoms with Crippen molar-refractivity contribution in [3.8, 4) is 33.4 Å². The van der Waals surface area contributed by atoms with Gasteiger partial charge in [-0.25, -0.2) is 0 Å². The predicted octanol–water partition coefficient (Wildman–Crippen LogP) is 18.3. The molecule has 4 nitrogen and oxygen atoms in total. The number of benzene rings is 10. The Kier molecular flexibility index (Phi) is 7.66. The minimum Gasteiger partial charge on any atom is -0.456 e. The third-order valence-corrected chi connectivity index (χ3v) is 13.6. The van der Waals surface area contributed by atoms with Gasteiger partial charge in [0, 0.05) is 54.2 Å². The van der Waals surface area contributed by atoms with Crippen molar-refractivity contribution in [2.75, 3.05) is 0 Å². The number of hydrogen-bond donors (Lipinski definition) is 0. The maximum atomic E-state index is 7.03. The van der Waals surface area contributed by atoms with Gasteiger partial charge in [-0.1, -0.05) is 171 Å². The molecular formula is C62H36O4. The van der Waals surface area contributed by atoms with Crippen LogP contribution in [0.3, 0.4) is 0 Å². The van der Waals surface area contributed by atoms with Gasteiger partial charge >= 0.3 is 0 Å². The van der Waals surface area contributed by atoms with Gasteiger partial charge in [-0.15, -0.1) is 0 Å². The van der Waals surface area contributed by atoms with Gasteiger partial charge in [0.15, 0.2) is 0 Å². The average Bonchev–Trinajstić information content (AvgIpc) is 4.14. The Morgan fingerprint density at radius 2 is 0.788 bits per heavy atom. The van der Waals surface area contributed by atoms with Gasteiger partial charge < -0.3 is 17.7 Å². The molecule has 10 aromatic carbocycles. The standard InChI is InChI=1S/C62H36O4/c1-3-16-35(4-2)37-27-29-43(41-21-10-8-19-39(37)41)47-31-55-57(59-45-23-12-14-25-51(45)65-61(47)59)49-33-54-50(34-53(49)63-55)58-56(64-54)32-48(62-60(58)46-24-13-15-26-52(46)66-62)44-30-28-38(36-17-6-5-7-18-36)40-20-9-11-22-42(40)44/h3-34H,1-2H2/b35-16+. The van der Waals surface area contributed by atoms with Crippen molar-refractivity contribution >= 4 is 115 Å². The normalized spacial score (nSPS) is 12.5. The highest BCUT2D eigenvalue weighted by molar-refractivity contribution is 6.33. The maximum Gasteiger partial charge on any atom is 0.144 e. The second kappa shape index (κ2) is 13.8. The van der Waals surface area contributed by atoms with E-state index in [1.54, 1.807) is 6.08 Å². The zero-order valence-corrected chi connectivity index (χ0v) is 35.5. The SMILES string of the molecule is C=C/C=C(\C=C)c1ccc(-c2cc3oc4cc5c(cc4c3c3c2oc2ccccc23)oc2cc(-c3ccc(-c4ccccc4)c4ccccc34)c3oc4ccccc4c3c25)c2ccccc12. The summed E-state index contributed by atoms with van der Waals surface area (Å²) in [4.78, 5) is 0. The Bertz CT molecular complexity index is 4430. The van der Waals surface area contributed by atoms with Crippen LogP contribution in [0.2, 0.25) is 0 Å². The molecule has 66 heavy (non-hydrogen) atoms. The number of allylic oxidation sites excluding steroid dienone is 4. The summed E-state index contributed by atoms with van der Waals surface area (Å²) in [5.41, 5.74) is 14.9. The van der Waals surface area contributed by atoms with Crippen molar-refractivity contribution in [3.63, 3.8) is 0 Å². The number of furan rings is 4. The Balaban J connectivity index is 1.05. The van der Waals surface area contributed by atoms with Crippen molar-refractivity contribution in [2.45, 2.75) is 0 Å². The molecule has 0 saturated heterocycles. The highest BCUT2D eigenvalue weighted by Crippen LogP contribution is 2.50. The largest absolute Gasteiger partial charge is 0.456 e. The van der Waals surface area contributed by atoms with E-state index in [-0.39, 0.29) is 0 Å². The first-order chi connectivity index (χ1) is 32.6. The molecular weight excluding hydrogens is 809 g/mol. The zero-order valence-electron chi connectivity index (χ0n) is 35.5. The summed E-state index contributed by atoms with van der Waals surface area (Å²) in [5, 5.41) is 12.5. The second-order valence-electron chi connectivity index (χ2n) is 17.1. The average molecular weight is 845 g/mol. The smallest absolute Gasteiger partial charge is 0.144 e. The van der Waals surface area contributed by atoms with Crippen molar-refractivity contribution in [3.05, 3.63) is 213 Å². The van der Waals surface area contributed by atoms with Crippen LogP contribution >= 0.6 is 0 Å². The molecule has 14 aromatic rings. The molecule has 0 aliphatic rings. The molecule has 0 aliphatic carbocycles. The maximum absolute atomic E-state index is 7.03. The van der Waals surface area contributed by atoms with Crippen molar-refractivity contribution in [2.24, 2.45) is 0 Å². The molecule has 4 heteroatoms. The van der Waals surface area contributed by atoms with Gasteiger partial charge in [0.25, 0.3) is 0 Å². The molecule has 308 valence electrons. The van der Waals surface area contributed by atoms with E-state index in [0.29, 0.717) is 0 Å². The highest BCUT2D eigenvalue weighted by Gasteiger charge is 2.26. The molecule has 0 N–H and O–H groups in total. The predicted molar refractivity (Wildman–Crippen MR) is 275 cm³/mol. The van der Waals surface area contributed by atoms with E-state index in [4.69, 9.17) is 17.7 Å². The van der Waals surface area contributed by atoms with Gasteiger partial charge in [-0.3, -0.25) is 0 Å². The molecule has 0 saturated carbocycles. The molecule has 0 aliphatic heterocycles. The van der Waals surface area contributed by atoms with Crippen molar-refractivity contribution in [1.29, 1.82) is 0 Å². The lowest BCUT2D eigenvalue weighted by molar-refractivity contribution is 0.661. The van der Waals surface area contributed by atoms with Crippen LogP contribution < -0.4 is 0 Å². The van der Waals surface area contributed by atoms with Crippen LogP contribution in [-0.4, -0.2) is 0 Å². The Morgan fingerprint density at radius 1 is 0.333 bits per heavy atom. The molecule has 0 bridgehead atoms. The number of hydrogen-bond acceptors (Lipinski definition) is 4. The number of fused-ring (bicyclic) bond motifs is 16. The van der Waals surface area contributed by atoms with E-state index in [9.17, 15) is 0 Å². The monoisotopic (exact) mass is 844 g/mol. The summed E-state index contributed by atoms with van der Waals surface area (Å²) in [7, 11) is 0. The fourth-order valence-corrected chi connectivity index (χ4v) is 10.8. The second-order valence-corrected chi connectivity index (χ2v) is 17.1. The number of rotatable bonds is 6. The summed E-state index contributed by atoms with van der Waals surface area (Å²) in [6, 6.07) is 61.7. The summed E-state index contributed by atoms with van der Waals surface area (Å²) < 4.78 is 27.8. The van der Waals surface area contributed by atoms with E-state index >= 15 is 0 Å². The van der Waals surface area contributed by atoms with E-state index in [0.717, 1.165) is 137 Å². The quantitative estimate of drug-likeness (QED) is 0.156. The molecule has 0 spiro atoms. The first-order valence-electron chi connectivity index (χ1n) is 22.2. The minimum atomic E-state index is 0.766. The third kappa shape index (κ3) is 5.09. The van der Waals surface area contributed by atoms with Crippen molar-refractivity contribution < 1.29 is 17.7 Å². The summed E-state index contributed by atoms with van der Waals surface area (Å²) in [6.07, 6.45) is 5.68. The lowest BCUT2D eigenvalue weighted by Crippen LogP contribution is -1.89. The summed E-state index contributed by atoms with van der Waals surface area (Å²) in [6.45, 7) is 8.05. The molecule has 0 amide bonds. The fourth-order valence-electron chi connectivity index (χ4n) is 10.8. The van der Waals surface area contributed by atoms with Crippen LogP contribution in [0, 0.1) is 0 Å². The fraction of sp³-hybridized carbons (Fsp3) is 0.